The Labute approximate surface area is 184 Å². The highest BCUT2D eigenvalue weighted by Gasteiger charge is 2.21. The van der Waals surface area contributed by atoms with E-state index in [0.717, 1.165) is 23.6 Å². The number of carbonyl (C=O) groups excluding carboxylic acids is 2. The summed E-state index contributed by atoms with van der Waals surface area (Å²) in [6, 6.07) is 21.4. The number of nitrogens with zero attached hydrogens (tertiary/aromatic N) is 1. The number of benzene rings is 3. The summed E-state index contributed by atoms with van der Waals surface area (Å²) >= 11 is 0. The van der Waals surface area contributed by atoms with E-state index in [1.54, 1.807) is 0 Å². The second-order valence-corrected chi connectivity index (χ2v) is 7.91. The molecule has 0 spiro atoms. The van der Waals surface area contributed by atoms with Crippen LogP contribution in [0.5, 0.6) is 5.75 Å². The van der Waals surface area contributed by atoms with Gasteiger partial charge in [-0.25, -0.2) is 0 Å². The summed E-state index contributed by atoms with van der Waals surface area (Å²) in [5.74, 6) is 0.195. The van der Waals surface area contributed by atoms with Crippen molar-refractivity contribution in [1.29, 1.82) is 0 Å². The number of aryl methyl sites for hydroxylation is 1. The molecule has 0 unspecified atom stereocenters. The molecule has 5 nitrogen and oxygen atoms in total. The molecule has 0 saturated heterocycles. The minimum absolute atomic E-state index is 0.0257. The average molecular weight is 419 g/mol. The quantitative estimate of drug-likeness (QED) is 0.529. The van der Waals surface area contributed by atoms with E-state index in [1.807, 2.05) is 80.6 Å². The molecular formula is C26H30N2O3. The molecule has 3 aromatic carbocycles. The smallest absolute Gasteiger partial charge is 0.261 e. The molecule has 0 heterocycles. The lowest BCUT2D eigenvalue weighted by atomic mass is 10.1. The Morgan fingerprint density at radius 2 is 1.68 bits per heavy atom. The van der Waals surface area contributed by atoms with E-state index in [4.69, 9.17) is 4.74 Å². The van der Waals surface area contributed by atoms with Crippen molar-refractivity contribution in [3.05, 3.63) is 72.3 Å². The molecule has 162 valence electrons. The maximum atomic E-state index is 12.7. The third-order valence-electron chi connectivity index (χ3n) is 5.12. The van der Waals surface area contributed by atoms with E-state index in [2.05, 4.69) is 12.2 Å². The molecular weight excluding hydrogens is 388 g/mol. The zero-order chi connectivity index (χ0) is 22.2. The van der Waals surface area contributed by atoms with Crippen LogP contribution in [0.1, 0.15) is 32.8 Å². The van der Waals surface area contributed by atoms with Crippen molar-refractivity contribution in [2.45, 2.75) is 39.7 Å². The van der Waals surface area contributed by atoms with Gasteiger partial charge in [-0.2, -0.15) is 0 Å². The number of rotatable bonds is 9. The van der Waals surface area contributed by atoms with Gasteiger partial charge in [-0.05, 0) is 60.9 Å². The predicted octanol–water partition coefficient (Wildman–Crippen LogP) is 5.05. The van der Waals surface area contributed by atoms with E-state index in [0.29, 0.717) is 11.4 Å². The monoisotopic (exact) mass is 418 g/mol. The fourth-order valence-electron chi connectivity index (χ4n) is 3.45. The maximum absolute atomic E-state index is 12.7. The second-order valence-electron chi connectivity index (χ2n) is 7.91. The first-order chi connectivity index (χ1) is 15.0. The molecule has 0 atom stereocenters. The first-order valence-corrected chi connectivity index (χ1v) is 10.8. The highest BCUT2D eigenvalue weighted by atomic mass is 16.5. The van der Waals surface area contributed by atoms with Gasteiger partial charge in [0.05, 0.1) is 0 Å². The lowest BCUT2D eigenvalue weighted by molar-refractivity contribution is -0.138. The summed E-state index contributed by atoms with van der Waals surface area (Å²) in [5, 5.41) is 5.05. The Morgan fingerprint density at radius 1 is 0.968 bits per heavy atom. The molecule has 5 heteroatoms. The van der Waals surface area contributed by atoms with Crippen molar-refractivity contribution in [3.8, 4) is 5.75 Å². The van der Waals surface area contributed by atoms with Gasteiger partial charge in [-0.1, -0.05) is 55.8 Å². The third-order valence-corrected chi connectivity index (χ3v) is 5.12. The van der Waals surface area contributed by atoms with Crippen LogP contribution < -0.4 is 10.1 Å². The van der Waals surface area contributed by atoms with Crippen LogP contribution in [-0.4, -0.2) is 35.9 Å². The average Bonchev–Trinajstić information content (AvgIpc) is 2.76. The Hall–Kier alpha value is -3.34. The molecule has 3 rings (SSSR count). The van der Waals surface area contributed by atoms with Gasteiger partial charge in [-0.3, -0.25) is 9.59 Å². The number of anilines is 1. The van der Waals surface area contributed by atoms with Crippen LogP contribution in [0.15, 0.2) is 66.7 Å². The first kappa shape index (κ1) is 22.3. The van der Waals surface area contributed by atoms with Crippen molar-refractivity contribution in [2.75, 3.05) is 18.5 Å². The van der Waals surface area contributed by atoms with Crippen molar-refractivity contribution in [3.63, 3.8) is 0 Å². The van der Waals surface area contributed by atoms with Gasteiger partial charge in [0.2, 0.25) is 5.91 Å². The zero-order valence-electron chi connectivity index (χ0n) is 18.4. The lowest BCUT2D eigenvalue weighted by Crippen LogP contribution is -2.44. The molecule has 1 N–H and O–H groups in total. The summed E-state index contributed by atoms with van der Waals surface area (Å²) in [6.45, 7) is 5.79. The highest BCUT2D eigenvalue weighted by Crippen LogP contribution is 2.19. The van der Waals surface area contributed by atoms with Gasteiger partial charge in [0.1, 0.15) is 12.3 Å². The minimum Gasteiger partial charge on any atom is -0.484 e. The number of nitrogens with one attached hydrogen (secondary N) is 1. The molecule has 0 aliphatic carbocycles. The van der Waals surface area contributed by atoms with Gasteiger partial charge in [0.25, 0.3) is 5.91 Å². The molecule has 0 aliphatic heterocycles. The van der Waals surface area contributed by atoms with Gasteiger partial charge in [0, 0.05) is 11.7 Å². The van der Waals surface area contributed by atoms with Crippen molar-refractivity contribution in [2.24, 2.45) is 0 Å². The Morgan fingerprint density at radius 3 is 2.35 bits per heavy atom. The molecule has 0 radical (unpaired) electrons. The topological polar surface area (TPSA) is 58.6 Å². The minimum atomic E-state index is -0.235. The van der Waals surface area contributed by atoms with Crippen molar-refractivity contribution < 1.29 is 14.3 Å². The summed E-state index contributed by atoms with van der Waals surface area (Å²) < 4.78 is 5.66. The van der Waals surface area contributed by atoms with Crippen LogP contribution in [0.25, 0.3) is 10.8 Å². The largest absolute Gasteiger partial charge is 0.484 e. The van der Waals surface area contributed by atoms with Gasteiger partial charge in [-0.15, -0.1) is 0 Å². The Balaban J connectivity index is 1.57. The van der Waals surface area contributed by atoms with Crippen LogP contribution in [0, 0.1) is 0 Å². The SMILES string of the molecule is CCCc1ccc(OCC(=O)N(CC(=O)Nc2ccc3ccccc3c2)C(C)C)cc1. The van der Waals surface area contributed by atoms with Gasteiger partial charge >= 0.3 is 0 Å². The fourth-order valence-corrected chi connectivity index (χ4v) is 3.45. The van der Waals surface area contributed by atoms with Gasteiger partial charge < -0.3 is 15.0 Å². The van der Waals surface area contributed by atoms with Crippen LogP contribution in [-0.2, 0) is 16.0 Å². The van der Waals surface area contributed by atoms with Crippen LogP contribution >= 0.6 is 0 Å². The number of hydrogen-bond acceptors (Lipinski definition) is 3. The molecule has 3 aromatic rings. The first-order valence-electron chi connectivity index (χ1n) is 10.8. The van der Waals surface area contributed by atoms with Gasteiger partial charge in [0.15, 0.2) is 6.61 Å². The summed E-state index contributed by atoms with van der Waals surface area (Å²) in [4.78, 5) is 26.8. The van der Waals surface area contributed by atoms with E-state index >= 15 is 0 Å². The number of fused-ring (bicyclic) bond motifs is 1. The van der Waals surface area contributed by atoms with Crippen LogP contribution in [0.2, 0.25) is 0 Å². The van der Waals surface area contributed by atoms with E-state index in [-0.39, 0.29) is 31.0 Å². The fraction of sp³-hybridized carbons (Fsp3) is 0.308. The normalized spacial score (nSPS) is 10.8. The molecule has 0 aliphatic rings. The number of carbonyl (C=O) groups is 2. The highest BCUT2D eigenvalue weighted by molar-refractivity contribution is 5.97. The summed E-state index contributed by atoms with van der Waals surface area (Å²) in [6.07, 6.45) is 2.11. The maximum Gasteiger partial charge on any atom is 0.261 e. The van der Waals surface area contributed by atoms with E-state index < -0.39 is 0 Å². The molecule has 0 aromatic heterocycles. The third kappa shape index (κ3) is 6.32. The predicted molar refractivity (Wildman–Crippen MR) is 125 cm³/mol. The summed E-state index contributed by atoms with van der Waals surface area (Å²) in [7, 11) is 0. The molecule has 0 saturated carbocycles. The Bertz CT molecular complexity index is 1030. The van der Waals surface area contributed by atoms with Crippen molar-refractivity contribution >= 4 is 28.3 Å². The number of ether oxygens (including phenoxy) is 1. The summed E-state index contributed by atoms with van der Waals surface area (Å²) in [5.41, 5.74) is 1.96. The second kappa shape index (κ2) is 10.6. The standard InChI is InChI=1S/C26H30N2O3/c1-4-7-20-10-14-24(15-11-20)31-18-26(30)28(19(2)3)17-25(29)27-23-13-12-21-8-5-6-9-22(21)16-23/h5-6,8-16,19H,4,7,17-18H2,1-3H3,(H,27,29). The Kier molecular flexibility index (Phi) is 7.65. The van der Waals surface area contributed by atoms with E-state index in [9.17, 15) is 9.59 Å². The van der Waals surface area contributed by atoms with Crippen LogP contribution in [0.4, 0.5) is 5.69 Å². The molecule has 2 amide bonds. The van der Waals surface area contributed by atoms with Crippen molar-refractivity contribution in [1.82, 2.24) is 4.90 Å². The number of hydrogen-bond donors (Lipinski definition) is 1. The van der Waals surface area contributed by atoms with E-state index in [1.165, 1.54) is 10.5 Å². The zero-order valence-corrected chi connectivity index (χ0v) is 18.4. The molecule has 0 fully saturated rings. The molecule has 31 heavy (non-hydrogen) atoms. The molecule has 0 bridgehead atoms. The lowest BCUT2D eigenvalue weighted by Gasteiger charge is -2.26. The number of amides is 2. The van der Waals surface area contributed by atoms with Crippen LogP contribution in [0.3, 0.4) is 0 Å².